The Labute approximate surface area is 168 Å². The standard InChI is InChI=1S/C20H21BrN2O3S/c1-3-14-22-27(25,26)19-12-8-17(9-13-19)20(24)23-15(2)4-5-16-6-10-18(21)11-7-16/h1,6-13,15,22H,4-5,14H2,2H3,(H,23,24). The van der Waals surface area contributed by atoms with Crippen LogP contribution in [0.4, 0.5) is 0 Å². The molecule has 1 atom stereocenters. The highest BCUT2D eigenvalue weighted by molar-refractivity contribution is 9.10. The first-order valence-electron chi connectivity index (χ1n) is 8.40. The molecule has 7 heteroatoms. The lowest BCUT2D eigenvalue weighted by atomic mass is 10.1. The van der Waals surface area contributed by atoms with Gasteiger partial charge in [-0.25, -0.2) is 8.42 Å². The minimum Gasteiger partial charge on any atom is -0.350 e. The number of amides is 1. The number of terminal acetylenes is 1. The van der Waals surface area contributed by atoms with Crippen molar-refractivity contribution in [2.24, 2.45) is 0 Å². The molecule has 0 aromatic heterocycles. The van der Waals surface area contributed by atoms with Gasteiger partial charge in [-0.15, -0.1) is 6.42 Å². The zero-order chi connectivity index (χ0) is 19.9. The van der Waals surface area contributed by atoms with Crippen LogP contribution in [-0.4, -0.2) is 26.9 Å². The minimum atomic E-state index is -3.66. The van der Waals surface area contributed by atoms with Crippen LogP contribution in [0.3, 0.4) is 0 Å². The van der Waals surface area contributed by atoms with Gasteiger partial charge in [0.1, 0.15) is 0 Å². The van der Waals surface area contributed by atoms with E-state index < -0.39 is 10.0 Å². The SMILES string of the molecule is C#CCNS(=O)(=O)c1ccc(C(=O)NC(C)CCc2ccc(Br)cc2)cc1. The molecule has 0 heterocycles. The van der Waals surface area contributed by atoms with E-state index in [4.69, 9.17) is 6.42 Å². The second-order valence-corrected chi connectivity index (χ2v) is 8.78. The number of benzene rings is 2. The number of carbonyl (C=O) groups is 1. The zero-order valence-electron chi connectivity index (χ0n) is 14.9. The van der Waals surface area contributed by atoms with Crippen LogP contribution in [-0.2, 0) is 16.4 Å². The summed E-state index contributed by atoms with van der Waals surface area (Å²) >= 11 is 3.41. The molecule has 0 saturated carbocycles. The maximum absolute atomic E-state index is 12.3. The van der Waals surface area contributed by atoms with Crippen LogP contribution in [0.5, 0.6) is 0 Å². The second-order valence-electron chi connectivity index (χ2n) is 6.09. The van der Waals surface area contributed by atoms with E-state index in [9.17, 15) is 13.2 Å². The van der Waals surface area contributed by atoms with Gasteiger partial charge in [0, 0.05) is 16.1 Å². The van der Waals surface area contributed by atoms with Crippen LogP contribution in [0, 0.1) is 12.3 Å². The van der Waals surface area contributed by atoms with Gasteiger partial charge in [-0.1, -0.05) is 34.0 Å². The molecule has 0 aliphatic rings. The monoisotopic (exact) mass is 448 g/mol. The third-order valence-electron chi connectivity index (χ3n) is 3.95. The number of hydrogen-bond donors (Lipinski definition) is 2. The van der Waals surface area contributed by atoms with Gasteiger partial charge in [0.25, 0.3) is 5.91 Å². The van der Waals surface area contributed by atoms with E-state index in [2.05, 4.69) is 31.9 Å². The summed E-state index contributed by atoms with van der Waals surface area (Å²) in [6, 6.07) is 13.8. The molecule has 0 fully saturated rings. The van der Waals surface area contributed by atoms with Crippen LogP contribution in [0.25, 0.3) is 0 Å². The van der Waals surface area contributed by atoms with E-state index in [0.717, 1.165) is 17.3 Å². The average Bonchev–Trinajstić information content (AvgIpc) is 2.66. The fraction of sp³-hybridized carbons (Fsp3) is 0.250. The van der Waals surface area contributed by atoms with E-state index in [1.807, 2.05) is 31.2 Å². The Balaban J connectivity index is 1.91. The maximum atomic E-state index is 12.3. The lowest BCUT2D eigenvalue weighted by Crippen LogP contribution is -2.33. The Morgan fingerprint density at radius 2 is 1.78 bits per heavy atom. The molecule has 0 bridgehead atoms. The van der Waals surface area contributed by atoms with Gasteiger partial charge < -0.3 is 5.32 Å². The number of hydrogen-bond acceptors (Lipinski definition) is 3. The van der Waals surface area contributed by atoms with E-state index in [-0.39, 0.29) is 23.4 Å². The summed E-state index contributed by atoms with van der Waals surface area (Å²) in [5.41, 5.74) is 1.61. The number of halogens is 1. The molecule has 2 aromatic carbocycles. The quantitative estimate of drug-likeness (QED) is 0.609. The molecule has 2 aromatic rings. The molecule has 0 aliphatic carbocycles. The van der Waals surface area contributed by atoms with Gasteiger partial charge in [-0.3, -0.25) is 4.79 Å². The van der Waals surface area contributed by atoms with Crippen molar-refractivity contribution >= 4 is 31.9 Å². The molecule has 1 amide bonds. The molecule has 5 nitrogen and oxygen atoms in total. The van der Waals surface area contributed by atoms with Gasteiger partial charge in [0.05, 0.1) is 11.4 Å². The number of aryl methyl sites for hydroxylation is 1. The number of nitrogens with one attached hydrogen (secondary N) is 2. The first-order valence-corrected chi connectivity index (χ1v) is 10.7. The molecule has 142 valence electrons. The van der Waals surface area contributed by atoms with Crippen molar-refractivity contribution in [3.8, 4) is 12.3 Å². The molecular formula is C20H21BrN2O3S. The lowest BCUT2D eigenvalue weighted by Gasteiger charge is -2.14. The van der Waals surface area contributed by atoms with Crippen LogP contribution >= 0.6 is 15.9 Å². The van der Waals surface area contributed by atoms with Crippen molar-refractivity contribution < 1.29 is 13.2 Å². The Hall–Kier alpha value is -2.14. The molecule has 0 aliphatic heterocycles. The van der Waals surface area contributed by atoms with Crippen molar-refractivity contribution in [1.82, 2.24) is 10.0 Å². The molecule has 27 heavy (non-hydrogen) atoms. The first kappa shape index (κ1) is 21.2. The van der Waals surface area contributed by atoms with E-state index in [1.54, 1.807) is 0 Å². The van der Waals surface area contributed by atoms with Crippen molar-refractivity contribution in [3.63, 3.8) is 0 Å². The van der Waals surface area contributed by atoms with Crippen molar-refractivity contribution in [1.29, 1.82) is 0 Å². The molecule has 2 rings (SSSR count). The predicted molar refractivity (Wildman–Crippen MR) is 110 cm³/mol. The van der Waals surface area contributed by atoms with Gasteiger partial charge in [0.2, 0.25) is 10.0 Å². The minimum absolute atomic E-state index is 0.0122. The predicted octanol–water partition coefficient (Wildman–Crippen LogP) is 3.11. The fourth-order valence-electron chi connectivity index (χ4n) is 2.42. The molecule has 0 radical (unpaired) electrons. The lowest BCUT2D eigenvalue weighted by molar-refractivity contribution is 0.0938. The smallest absolute Gasteiger partial charge is 0.251 e. The number of carbonyl (C=O) groups excluding carboxylic acids is 1. The number of rotatable bonds is 8. The van der Waals surface area contributed by atoms with Crippen molar-refractivity contribution in [2.45, 2.75) is 30.7 Å². The topological polar surface area (TPSA) is 75.3 Å². The van der Waals surface area contributed by atoms with Gasteiger partial charge in [-0.2, -0.15) is 4.72 Å². The Kier molecular flexibility index (Phi) is 7.60. The van der Waals surface area contributed by atoms with Gasteiger partial charge >= 0.3 is 0 Å². The van der Waals surface area contributed by atoms with Gasteiger partial charge in [0.15, 0.2) is 0 Å². The molecule has 1 unspecified atom stereocenters. The van der Waals surface area contributed by atoms with E-state index >= 15 is 0 Å². The highest BCUT2D eigenvalue weighted by Gasteiger charge is 2.15. The van der Waals surface area contributed by atoms with Crippen LogP contribution in [0.2, 0.25) is 0 Å². The van der Waals surface area contributed by atoms with Gasteiger partial charge in [-0.05, 0) is 61.7 Å². The Bertz CT molecular complexity index is 917. The Morgan fingerprint density at radius 1 is 1.15 bits per heavy atom. The highest BCUT2D eigenvalue weighted by atomic mass is 79.9. The third kappa shape index (κ3) is 6.51. The molecule has 0 spiro atoms. The molecular weight excluding hydrogens is 428 g/mol. The van der Waals surface area contributed by atoms with Crippen molar-refractivity contribution in [3.05, 3.63) is 64.1 Å². The zero-order valence-corrected chi connectivity index (χ0v) is 17.3. The van der Waals surface area contributed by atoms with Crippen LogP contribution in [0.15, 0.2) is 57.9 Å². The largest absolute Gasteiger partial charge is 0.350 e. The maximum Gasteiger partial charge on any atom is 0.251 e. The summed E-state index contributed by atoms with van der Waals surface area (Å²) in [6.07, 6.45) is 6.72. The second kappa shape index (κ2) is 9.70. The number of sulfonamides is 1. The first-order chi connectivity index (χ1) is 12.8. The molecule has 2 N–H and O–H groups in total. The third-order valence-corrected chi connectivity index (χ3v) is 5.89. The van der Waals surface area contributed by atoms with E-state index in [0.29, 0.717) is 5.56 Å². The van der Waals surface area contributed by atoms with Crippen LogP contribution < -0.4 is 10.0 Å². The summed E-state index contributed by atoms with van der Waals surface area (Å²) in [5.74, 6) is 1.98. The summed E-state index contributed by atoms with van der Waals surface area (Å²) in [6.45, 7) is 1.86. The normalized spacial score (nSPS) is 12.2. The summed E-state index contributed by atoms with van der Waals surface area (Å²) < 4.78 is 27.3. The fourth-order valence-corrected chi connectivity index (χ4v) is 3.62. The highest BCUT2D eigenvalue weighted by Crippen LogP contribution is 2.13. The average molecular weight is 449 g/mol. The van der Waals surface area contributed by atoms with E-state index in [1.165, 1.54) is 29.8 Å². The van der Waals surface area contributed by atoms with Crippen molar-refractivity contribution in [2.75, 3.05) is 6.54 Å². The Morgan fingerprint density at radius 3 is 2.37 bits per heavy atom. The van der Waals surface area contributed by atoms with Crippen LogP contribution in [0.1, 0.15) is 29.3 Å². The summed E-state index contributed by atoms with van der Waals surface area (Å²) in [5, 5.41) is 2.93. The summed E-state index contributed by atoms with van der Waals surface area (Å²) in [7, 11) is -3.66. The molecule has 0 saturated heterocycles. The summed E-state index contributed by atoms with van der Waals surface area (Å²) in [4.78, 5) is 12.4.